The van der Waals surface area contributed by atoms with Crippen LogP contribution in [-0.2, 0) is 11.3 Å². The average Bonchev–Trinajstić information content (AvgIpc) is 3.32. The second-order valence-corrected chi connectivity index (χ2v) is 11.3. The van der Waals surface area contributed by atoms with Gasteiger partial charge in [0.15, 0.2) is 0 Å². The lowest BCUT2D eigenvalue weighted by molar-refractivity contribution is -0.192. The molecular formula is C32H40F3N3O4. The van der Waals surface area contributed by atoms with E-state index in [2.05, 4.69) is 60.1 Å². The normalized spacial score (nSPS) is 18.5. The van der Waals surface area contributed by atoms with Gasteiger partial charge < -0.3 is 20.1 Å². The molecule has 5 rings (SSSR count). The van der Waals surface area contributed by atoms with Crippen LogP contribution in [0.25, 0.3) is 10.9 Å². The number of para-hydroxylation sites is 1. The van der Waals surface area contributed by atoms with E-state index in [0.717, 1.165) is 80.4 Å². The lowest BCUT2D eigenvalue weighted by Crippen LogP contribution is -2.44. The lowest BCUT2D eigenvalue weighted by Gasteiger charge is -2.36. The fourth-order valence-electron chi connectivity index (χ4n) is 6.48. The molecule has 2 aliphatic rings. The van der Waals surface area contributed by atoms with E-state index in [0.29, 0.717) is 12.3 Å². The average molecular weight is 588 g/mol. The van der Waals surface area contributed by atoms with Gasteiger partial charge in [-0.2, -0.15) is 13.2 Å². The molecule has 0 saturated carbocycles. The Kier molecular flexibility index (Phi) is 10.3. The summed E-state index contributed by atoms with van der Waals surface area (Å²) >= 11 is 0. The number of halogens is 3. The number of aryl methyl sites for hydroxylation is 2. The molecule has 0 spiro atoms. The summed E-state index contributed by atoms with van der Waals surface area (Å²) in [6, 6.07) is 15.1. The lowest BCUT2D eigenvalue weighted by atomic mass is 9.84. The summed E-state index contributed by atoms with van der Waals surface area (Å²) in [7, 11) is 0. The van der Waals surface area contributed by atoms with Crippen LogP contribution in [0.4, 0.5) is 13.2 Å². The molecule has 2 saturated heterocycles. The molecule has 0 aliphatic carbocycles. The summed E-state index contributed by atoms with van der Waals surface area (Å²) in [6.45, 7) is 8.27. The Balaban J connectivity index is 0.000000517. The van der Waals surface area contributed by atoms with E-state index in [1.807, 2.05) is 11.0 Å². The first-order valence-electron chi connectivity index (χ1n) is 14.6. The first kappa shape index (κ1) is 31.6. The number of nitrogens with one attached hydrogen (secondary N) is 1. The monoisotopic (exact) mass is 587 g/mol. The Morgan fingerprint density at radius 3 is 2.21 bits per heavy atom. The summed E-state index contributed by atoms with van der Waals surface area (Å²) in [5.74, 6) is -2.05. The van der Waals surface area contributed by atoms with Gasteiger partial charge in [0.05, 0.1) is 0 Å². The summed E-state index contributed by atoms with van der Waals surface area (Å²) in [6.07, 6.45) is 1.03. The SMILES string of the molecule is Cc1cccc(C)c1C1CCN(Cc2c(C(=O)N3CCCCC3CCO)[nH]c3ccccc23)CC1.O=C(O)C(F)(F)F. The molecule has 1 atom stereocenters. The maximum Gasteiger partial charge on any atom is 0.490 e. The Hall–Kier alpha value is -3.37. The zero-order valence-electron chi connectivity index (χ0n) is 24.2. The van der Waals surface area contributed by atoms with Gasteiger partial charge in [0.1, 0.15) is 5.69 Å². The van der Waals surface area contributed by atoms with Gasteiger partial charge in [0.25, 0.3) is 5.91 Å². The summed E-state index contributed by atoms with van der Waals surface area (Å²) in [5, 5.41) is 17.8. The predicted molar refractivity (Wildman–Crippen MR) is 156 cm³/mol. The van der Waals surface area contributed by atoms with Crippen molar-refractivity contribution < 1.29 is 33.0 Å². The largest absolute Gasteiger partial charge is 0.490 e. The highest BCUT2D eigenvalue weighted by Crippen LogP contribution is 2.34. The van der Waals surface area contributed by atoms with E-state index in [1.54, 1.807) is 0 Å². The van der Waals surface area contributed by atoms with E-state index in [1.165, 1.54) is 16.7 Å². The third-order valence-electron chi connectivity index (χ3n) is 8.54. The summed E-state index contributed by atoms with van der Waals surface area (Å²) < 4.78 is 31.7. The van der Waals surface area contributed by atoms with Crippen LogP contribution in [0.3, 0.4) is 0 Å². The van der Waals surface area contributed by atoms with Gasteiger partial charge in [0.2, 0.25) is 0 Å². The fourth-order valence-corrected chi connectivity index (χ4v) is 6.48. The van der Waals surface area contributed by atoms with E-state index in [-0.39, 0.29) is 18.6 Å². The number of carbonyl (C=O) groups excluding carboxylic acids is 1. The molecule has 2 aliphatic heterocycles. The van der Waals surface area contributed by atoms with Crippen molar-refractivity contribution in [3.05, 3.63) is 70.4 Å². The minimum atomic E-state index is -5.08. The maximum atomic E-state index is 13.8. The van der Waals surface area contributed by atoms with Gasteiger partial charge in [-0.3, -0.25) is 9.69 Å². The van der Waals surface area contributed by atoms with Crippen LogP contribution in [-0.4, -0.2) is 75.3 Å². The van der Waals surface area contributed by atoms with Crippen molar-refractivity contribution in [1.82, 2.24) is 14.8 Å². The molecule has 228 valence electrons. The number of aliphatic hydroxyl groups excluding tert-OH is 1. The predicted octanol–water partition coefficient (Wildman–Crippen LogP) is 6.17. The number of carboxylic acids is 1. The molecule has 42 heavy (non-hydrogen) atoms. The van der Waals surface area contributed by atoms with Crippen LogP contribution < -0.4 is 0 Å². The zero-order valence-corrected chi connectivity index (χ0v) is 24.2. The van der Waals surface area contributed by atoms with Crippen LogP contribution in [0.5, 0.6) is 0 Å². The van der Waals surface area contributed by atoms with Crippen molar-refractivity contribution in [1.29, 1.82) is 0 Å². The Bertz CT molecular complexity index is 1360. The number of likely N-dealkylation sites (tertiary alicyclic amines) is 2. The fraction of sp³-hybridized carbons (Fsp3) is 0.500. The van der Waals surface area contributed by atoms with Crippen molar-refractivity contribution >= 4 is 22.8 Å². The first-order valence-corrected chi connectivity index (χ1v) is 14.6. The highest BCUT2D eigenvalue weighted by molar-refractivity contribution is 6.01. The molecule has 2 fully saturated rings. The number of nitrogens with zero attached hydrogens (tertiary/aromatic N) is 2. The maximum absolute atomic E-state index is 13.8. The van der Waals surface area contributed by atoms with Crippen molar-refractivity contribution in [2.45, 2.75) is 77.1 Å². The standard InChI is InChI=1S/C30H39N3O2.C2HF3O2/c1-21-8-7-9-22(2)28(21)23-13-17-32(18-14-23)20-26-25-11-3-4-12-27(25)31-29(26)30(35)33-16-6-5-10-24(33)15-19-34;3-2(4,5)1(6)7/h3-4,7-9,11-12,23-24,31,34H,5-6,10,13-20H2,1-2H3;(H,6,7). The van der Waals surface area contributed by atoms with Crippen molar-refractivity contribution in [3.8, 4) is 0 Å². The quantitative estimate of drug-likeness (QED) is 0.320. The van der Waals surface area contributed by atoms with E-state index < -0.39 is 12.1 Å². The number of amides is 1. The number of aromatic nitrogens is 1. The number of rotatable bonds is 6. The Labute approximate surface area is 244 Å². The van der Waals surface area contributed by atoms with Gasteiger partial charge in [-0.25, -0.2) is 4.79 Å². The number of benzene rings is 2. The van der Waals surface area contributed by atoms with Crippen LogP contribution in [0.2, 0.25) is 0 Å². The number of H-pyrrole nitrogens is 1. The van der Waals surface area contributed by atoms with Gasteiger partial charge in [-0.05, 0) is 94.1 Å². The zero-order chi connectivity index (χ0) is 30.4. The Morgan fingerprint density at radius 1 is 0.952 bits per heavy atom. The minimum absolute atomic E-state index is 0.0970. The first-order chi connectivity index (χ1) is 20.0. The molecule has 1 aromatic heterocycles. The van der Waals surface area contributed by atoms with Crippen molar-refractivity contribution in [2.75, 3.05) is 26.2 Å². The molecule has 3 N–H and O–H groups in total. The minimum Gasteiger partial charge on any atom is -0.475 e. The van der Waals surface area contributed by atoms with Gasteiger partial charge in [-0.1, -0.05) is 36.4 Å². The molecule has 7 nitrogen and oxygen atoms in total. The van der Waals surface area contributed by atoms with Crippen molar-refractivity contribution in [3.63, 3.8) is 0 Å². The summed E-state index contributed by atoms with van der Waals surface area (Å²) in [5.41, 5.74) is 7.26. The number of piperidine rings is 2. The van der Waals surface area contributed by atoms with Crippen LogP contribution in [0.15, 0.2) is 42.5 Å². The number of carbonyl (C=O) groups is 2. The van der Waals surface area contributed by atoms with Crippen LogP contribution >= 0.6 is 0 Å². The molecular weight excluding hydrogens is 547 g/mol. The highest BCUT2D eigenvalue weighted by atomic mass is 19.4. The highest BCUT2D eigenvalue weighted by Gasteiger charge is 2.38. The van der Waals surface area contributed by atoms with Gasteiger partial charge in [-0.15, -0.1) is 0 Å². The van der Waals surface area contributed by atoms with Crippen LogP contribution in [0, 0.1) is 13.8 Å². The molecule has 1 unspecified atom stereocenters. The smallest absolute Gasteiger partial charge is 0.475 e. The van der Waals surface area contributed by atoms with E-state index >= 15 is 0 Å². The number of aliphatic hydroxyl groups is 1. The number of hydrogen-bond donors (Lipinski definition) is 3. The molecule has 10 heteroatoms. The molecule has 2 aromatic carbocycles. The van der Waals surface area contributed by atoms with Gasteiger partial charge in [0, 0.05) is 42.2 Å². The second-order valence-electron chi connectivity index (χ2n) is 11.3. The third-order valence-corrected chi connectivity index (χ3v) is 8.54. The third kappa shape index (κ3) is 7.33. The molecule has 3 heterocycles. The second kappa shape index (κ2) is 13.7. The molecule has 0 bridgehead atoms. The van der Waals surface area contributed by atoms with Crippen molar-refractivity contribution in [2.24, 2.45) is 0 Å². The topological polar surface area (TPSA) is 96.9 Å². The molecule has 0 radical (unpaired) electrons. The van der Waals surface area contributed by atoms with Crippen LogP contribution in [0.1, 0.15) is 77.2 Å². The molecule has 1 amide bonds. The number of carboxylic acid groups (broad SMARTS) is 1. The number of alkyl halides is 3. The van der Waals surface area contributed by atoms with E-state index in [9.17, 15) is 23.1 Å². The molecule has 3 aromatic rings. The van der Waals surface area contributed by atoms with E-state index in [4.69, 9.17) is 9.90 Å². The number of aromatic amines is 1. The number of aliphatic carboxylic acids is 1. The number of hydrogen-bond acceptors (Lipinski definition) is 4. The van der Waals surface area contributed by atoms with Gasteiger partial charge >= 0.3 is 12.1 Å². The Morgan fingerprint density at radius 2 is 1.60 bits per heavy atom. The number of fused-ring (bicyclic) bond motifs is 1. The summed E-state index contributed by atoms with van der Waals surface area (Å²) in [4.78, 5) is 30.7.